The van der Waals surface area contributed by atoms with Crippen molar-refractivity contribution in [3.63, 3.8) is 0 Å². The lowest BCUT2D eigenvalue weighted by atomic mass is 9.92. The molecule has 1 aliphatic heterocycles. The molecule has 1 saturated heterocycles. The van der Waals surface area contributed by atoms with Crippen LogP contribution in [0.3, 0.4) is 0 Å². The third-order valence-electron chi connectivity index (χ3n) is 4.08. The molecule has 2 unspecified atom stereocenters. The Kier molecular flexibility index (Phi) is 4.19. The molecule has 1 aromatic rings. The topological polar surface area (TPSA) is 76.4 Å². The van der Waals surface area contributed by atoms with Gasteiger partial charge in [0, 0.05) is 12.1 Å². The van der Waals surface area contributed by atoms with E-state index in [4.69, 9.17) is 5.26 Å². The summed E-state index contributed by atoms with van der Waals surface area (Å²) in [7, 11) is 1.86. The Morgan fingerprint density at radius 3 is 2.71 bits per heavy atom. The molecule has 21 heavy (non-hydrogen) atoms. The number of aromatic hydroxyl groups is 1. The monoisotopic (exact) mass is 287 g/mol. The molecule has 1 amide bonds. The van der Waals surface area contributed by atoms with Gasteiger partial charge in [-0.1, -0.05) is 18.2 Å². The number of phenolic OH excluding ortho intramolecular Hbond substituents is 1. The molecule has 0 bridgehead atoms. The largest absolute Gasteiger partial charge is 0.508 e. The van der Waals surface area contributed by atoms with E-state index >= 15 is 0 Å². The van der Waals surface area contributed by atoms with E-state index in [1.807, 2.05) is 31.9 Å². The van der Waals surface area contributed by atoms with Crippen LogP contribution < -0.4 is 5.32 Å². The molecule has 5 nitrogen and oxygen atoms in total. The van der Waals surface area contributed by atoms with Crippen LogP contribution in [0.1, 0.15) is 25.8 Å². The maximum absolute atomic E-state index is 12.4. The second-order valence-corrected chi connectivity index (χ2v) is 6.15. The first-order valence-corrected chi connectivity index (χ1v) is 7.05. The van der Waals surface area contributed by atoms with E-state index in [0.717, 1.165) is 0 Å². The number of hydrogen-bond donors (Lipinski definition) is 2. The summed E-state index contributed by atoms with van der Waals surface area (Å²) in [6.45, 7) is 4.31. The van der Waals surface area contributed by atoms with Gasteiger partial charge < -0.3 is 10.4 Å². The molecule has 1 heterocycles. The third-order valence-corrected chi connectivity index (χ3v) is 4.08. The average molecular weight is 287 g/mol. The summed E-state index contributed by atoms with van der Waals surface area (Å²) < 4.78 is 0. The van der Waals surface area contributed by atoms with Gasteiger partial charge in [0.2, 0.25) is 5.91 Å². The predicted octanol–water partition coefficient (Wildman–Crippen LogP) is 1.59. The van der Waals surface area contributed by atoms with Crippen LogP contribution in [0, 0.1) is 17.2 Å². The Hall–Kier alpha value is -2.06. The number of amides is 1. The van der Waals surface area contributed by atoms with E-state index in [0.29, 0.717) is 18.5 Å². The second kappa shape index (κ2) is 5.74. The van der Waals surface area contributed by atoms with Gasteiger partial charge in [0.25, 0.3) is 0 Å². The van der Waals surface area contributed by atoms with Gasteiger partial charge in [0.15, 0.2) is 0 Å². The maximum atomic E-state index is 12.4. The Labute approximate surface area is 125 Å². The van der Waals surface area contributed by atoms with Crippen LogP contribution in [0.15, 0.2) is 24.3 Å². The van der Waals surface area contributed by atoms with Crippen molar-refractivity contribution in [2.75, 3.05) is 13.6 Å². The number of nitrogens with zero attached hydrogens (tertiary/aromatic N) is 2. The zero-order valence-corrected chi connectivity index (χ0v) is 12.6. The van der Waals surface area contributed by atoms with E-state index in [2.05, 4.69) is 11.4 Å². The highest BCUT2D eigenvalue weighted by Crippen LogP contribution is 2.30. The summed E-state index contributed by atoms with van der Waals surface area (Å²) in [4.78, 5) is 14.3. The summed E-state index contributed by atoms with van der Waals surface area (Å²) in [6.07, 6.45) is 0.551. The molecule has 1 fully saturated rings. The number of para-hydroxylation sites is 1. The van der Waals surface area contributed by atoms with Gasteiger partial charge in [-0.15, -0.1) is 0 Å². The van der Waals surface area contributed by atoms with Crippen molar-refractivity contribution in [1.82, 2.24) is 10.2 Å². The van der Waals surface area contributed by atoms with Gasteiger partial charge in [-0.3, -0.25) is 9.69 Å². The van der Waals surface area contributed by atoms with Gasteiger partial charge in [0.1, 0.15) is 5.75 Å². The minimum absolute atomic E-state index is 0.0761. The van der Waals surface area contributed by atoms with E-state index in [1.54, 1.807) is 18.2 Å². The van der Waals surface area contributed by atoms with Crippen molar-refractivity contribution in [3.8, 4) is 11.8 Å². The van der Waals surface area contributed by atoms with Crippen LogP contribution in [-0.2, 0) is 10.3 Å². The van der Waals surface area contributed by atoms with Crippen LogP contribution in [-0.4, -0.2) is 35.5 Å². The summed E-state index contributed by atoms with van der Waals surface area (Å²) in [5.74, 6) is -0.0983. The number of likely N-dealkylation sites (tertiary alicyclic amines) is 1. The number of nitriles is 1. The van der Waals surface area contributed by atoms with Gasteiger partial charge in [-0.2, -0.15) is 5.26 Å². The number of phenols is 1. The molecule has 0 aliphatic carbocycles. The van der Waals surface area contributed by atoms with Crippen molar-refractivity contribution < 1.29 is 9.90 Å². The Balaban J connectivity index is 2.09. The van der Waals surface area contributed by atoms with Crippen molar-refractivity contribution >= 4 is 5.91 Å². The van der Waals surface area contributed by atoms with Crippen molar-refractivity contribution in [2.45, 2.75) is 31.8 Å². The Bertz CT molecular complexity index is 577. The van der Waals surface area contributed by atoms with Crippen molar-refractivity contribution in [2.24, 2.45) is 5.92 Å². The molecular weight excluding hydrogens is 266 g/mol. The quantitative estimate of drug-likeness (QED) is 0.885. The van der Waals surface area contributed by atoms with E-state index < -0.39 is 5.54 Å². The number of hydrogen-bond acceptors (Lipinski definition) is 4. The van der Waals surface area contributed by atoms with Gasteiger partial charge in [-0.25, -0.2) is 0 Å². The fourth-order valence-electron chi connectivity index (χ4n) is 2.82. The van der Waals surface area contributed by atoms with Crippen LogP contribution in [0.4, 0.5) is 0 Å². The first kappa shape index (κ1) is 15.3. The number of benzene rings is 1. The minimum atomic E-state index is -0.661. The fraction of sp³-hybridized carbons (Fsp3) is 0.500. The third kappa shape index (κ3) is 3.17. The molecule has 0 aromatic heterocycles. The SMILES string of the molecule is CN1CC(C(=O)NC(C)(C)c2ccccc2O)CC1C#N. The van der Waals surface area contributed by atoms with Crippen LogP contribution in [0.25, 0.3) is 0 Å². The molecule has 1 aliphatic rings. The lowest BCUT2D eigenvalue weighted by Gasteiger charge is -2.29. The van der Waals surface area contributed by atoms with Crippen LogP contribution >= 0.6 is 0 Å². The fourth-order valence-corrected chi connectivity index (χ4v) is 2.82. The predicted molar refractivity (Wildman–Crippen MR) is 79.4 cm³/mol. The number of carbonyl (C=O) groups is 1. The number of nitrogens with one attached hydrogen (secondary N) is 1. The standard InChI is InChI=1S/C16H21N3O2/c1-16(2,13-6-4-5-7-14(13)20)18-15(21)11-8-12(9-17)19(3)10-11/h4-7,11-12,20H,8,10H2,1-3H3,(H,18,21). The molecule has 5 heteroatoms. The van der Waals surface area contributed by atoms with Crippen LogP contribution in [0.5, 0.6) is 5.75 Å². The highest BCUT2D eigenvalue weighted by Gasteiger charge is 2.36. The minimum Gasteiger partial charge on any atom is -0.508 e. The first-order chi connectivity index (χ1) is 9.85. The molecule has 112 valence electrons. The van der Waals surface area contributed by atoms with Crippen molar-refractivity contribution in [1.29, 1.82) is 5.26 Å². The number of rotatable bonds is 3. The molecule has 2 rings (SSSR count). The number of carbonyl (C=O) groups excluding carboxylic acids is 1. The van der Waals surface area contributed by atoms with Gasteiger partial charge >= 0.3 is 0 Å². The van der Waals surface area contributed by atoms with Crippen molar-refractivity contribution in [3.05, 3.63) is 29.8 Å². The van der Waals surface area contributed by atoms with Gasteiger partial charge in [0.05, 0.1) is 23.6 Å². The van der Waals surface area contributed by atoms with E-state index in [9.17, 15) is 9.90 Å². The van der Waals surface area contributed by atoms with E-state index in [1.165, 1.54) is 0 Å². The van der Waals surface area contributed by atoms with E-state index in [-0.39, 0.29) is 23.6 Å². The summed E-state index contributed by atoms with van der Waals surface area (Å²) in [6, 6.07) is 9.00. The molecule has 0 radical (unpaired) electrons. The Morgan fingerprint density at radius 1 is 1.48 bits per heavy atom. The zero-order chi connectivity index (χ0) is 15.6. The molecule has 0 saturated carbocycles. The molecule has 2 atom stereocenters. The average Bonchev–Trinajstić information content (AvgIpc) is 2.80. The smallest absolute Gasteiger partial charge is 0.225 e. The summed E-state index contributed by atoms with van der Waals surface area (Å²) in [5, 5.41) is 22.0. The molecule has 0 spiro atoms. The second-order valence-electron chi connectivity index (χ2n) is 6.15. The lowest BCUT2D eigenvalue weighted by Crippen LogP contribution is -2.44. The molecule has 1 aromatic carbocycles. The molecular formula is C16H21N3O2. The first-order valence-electron chi connectivity index (χ1n) is 7.05. The maximum Gasteiger partial charge on any atom is 0.225 e. The normalized spacial score (nSPS) is 22.8. The molecule has 2 N–H and O–H groups in total. The highest BCUT2D eigenvalue weighted by atomic mass is 16.3. The summed E-state index contributed by atoms with van der Waals surface area (Å²) in [5.41, 5.74) is 0.0210. The lowest BCUT2D eigenvalue weighted by molar-refractivity contribution is -0.126. The Morgan fingerprint density at radius 2 is 2.14 bits per heavy atom. The highest BCUT2D eigenvalue weighted by molar-refractivity contribution is 5.80. The van der Waals surface area contributed by atoms with Gasteiger partial charge in [-0.05, 0) is 33.4 Å². The summed E-state index contributed by atoms with van der Waals surface area (Å²) >= 11 is 0. The zero-order valence-electron chi connectivity index (χ0n) is 12.6. The van der Waals surface area contributed by atoms with Crippen LogP contribution in [0.2, 0.25) is 0 Å².